The number of aliphatic hydroxyl groups excluding tert-OH is 1. The molecule has 4 fully saturated rings. The Morgan fingerprint density at radius 1 is 1.06 bits per heavy atom. The number of halogens is 1. The number of Topliss-reactive ketones (excluding diaryl/α,β-unsaturated/α-hetero) is 2. The van der Waals surface area contributed by atoms with Gasteiger partial charge in [-0.3, -0.25) is 14.5 Å². The quantitative estimate of drug-likeness (QED) is 0.312. The molecule has 14 heteroatoms. The van der Waals surface area contributed by atoms with Crippen LogP contribution in [0.25, 0.3) is 0 Å². The highest BCUT2D eigenvalue weighted by molar-refractivity contribution is 6.08. The van der Waals surface area contributed by atoms with Crippen LogP contribution in [-0.4, -0.2) is 139 Å². The van der Waals surface area contributed by atoms with Crippen molar-refractivity contribution in [2.75, 3.05) is 34.3 Å². The molecule has 0 radical (unpaired) electrons. The Labute approximate surface area is 283 Å². The van der Waals surface area contributed by atoms with Gasteiger partial charge in [-0.25, -0.2) is 14.0 Å². The van der Waals surface area contributed by atoms with Crippen LogP contribution < -0.4 is 5.32 Å². The van der Waals surface area contributed by atoms with Gasteiger partial charge in [-0.2, -0.15) is 0 Å². The van der Waals surface area contributed by atoms with Crippen LogP contribution in [0.1, 0.15) is 74.7 Å². The third kappa shape index (κ3) is 6.77. The summed E-state index contributed by atoms with van der Waals surface area (Å²) in [5.41, 5.74) is -6.08. The fourth-order valence-electron chi connectivity index (χ4n) is 8.26. The van der Waals surface area contributed by atoms with E-state index in [0.29, 0.717) is 19.5 Å². The smallest absolute Gasteiger partial charge is 0.411 e. The molecule has 4 aliphatic rings. The number of hydrogen-bond acceptors (Lipinski definition) is 12. The molecule has 2 unspecified atom stereocenters. The summed E-state index contributed by atoms with van der Waals surface area (Å²) in [4.78, 5) is 59.0. The maximum Gasteiger partial charge on any atom is 0.411 e. The minimum Gasteiger partial charge on any atom is -0.455 e. The molecule has 0 aromatic rings. The van der Waals surface area contributed by atoms with E-state index in [2.05, 4.69) is 5.32 Å². The molecule has 13 atom stereocenters. The highest BCUT2D eigenvalue weighted by Gasteiger charge is 2.63. The molecule has 13 nitrogen and oxygen atoms in total. The number of aliphatic hydroxyl groups is 1. The topological polar surface area (TPSA) is 153 Å². The highest BCUT2D eigenvalue weighted by Crippen LogP contribution is 2.44. The molecule has 274 valence electrons. The number of nitrogens with zero attached hydrogens (tertiary/aromatic N) is 2. The van der Waals surface area contributed by atoms with Gasteiger partial charge in [-0.15, -0.1) is 0 Å². The molecule has 0 spiro atoms. The predicted octanol–water partition coefficient (Wildman–Crippen LogP) is 2.25. The average Bonchev–Trinajstić information content (AvgIpc) is 3.26. The molecule has 0 aromatic carbocycles. The number of rotatable bonds is 6. The Morgan fingerprint density at radius 3 is 2.21 bits per heavy atom. The second-order valence-corrected chi connectivity index (χ2v) is 15.1. The van der Waals surface area contributed by atoms with E-state index in [1.807, 2.05) is 25.9 Å². The van der Waals surface area contributed by atoms with Crippen LogP contribution in [0.5, 0.6) is 0 Å². The van der Waals surface area contributed by atoms with Gasteiger partial charge in [0.05, 0.1) is 29.9 Å². The van der Waals surface area contributed by atoms with Gasteiger partial charge in [-0.1, -0.05) is 27.7 Å². The van der Waals surface area contributed by atoms with Crippen LogP contribution in [0.3, 0.4) is 0 Å². The molecule has 4 saturated heterocycles. The first-order valence-electron chi connectivity index (χ1n) is 17.2. The number of alkyl halides is 1. The van der Waals surface area contributed by atoms with E-state index >= 15 is 4.39 Å². The lowest BCUT2D eigenvalue weighted by Crippen LogP contribution is -2.65. The summed E-state index contributed by atoms with van der Waals surface area (Å²) < 4.78 is 46.8. The third-order valence-electron chi connectivity index (χ3n) is 11.3. The summed E-state index contributed by atoms with van der Waals surface area (Å²) in [6.07, 6.45) is -5.12. The molecule has 4 rings (SSSR count). The molecule has 0 bridgehead atoms. The number of carbonyl (C=O) groups excluding carboxylic acids is 4. The van der Waals surface area contributed by atoms with Crippen molar-refractivity contribution in [3.05, 3.63) is 0 Å². The molecule has 0 saturated carbocycles. The second kappa shape index (κ2) is 14.2. The summed E-state index contributed by atoms with van der Waals surface area (Å²) >= 11 is 0. The van der Waals surface area contributed by atoms with Gasteiger partial charge in [-0.05, 0) is 61.1 Å². The highest BCUT2D eigenvalue weighted by atomic mass is 19.1. The van der Waals surface area contributed by atoms with Gasteiger partial charge in [0.15, 0.2) is 17.7 Å². The van der Waals surface area contributed by atoms with Crippen molar-refractivity contribution in [1.29, 1.82) is 0 Å². The largest absolute Gasteiger partial charge is 0.455 e. The normalized spacial score (nSPS) is 45.3. The van der Waals surface area contributed by atoms with E-state index in [1.165, 1.54) is 14.0 Å². The Kier molecular flexibility index (Phi) is 11.4. The van der Waals surface area contributed by atoms with Crippen LogP contribution in [-0.2, 0) is 38.1 Å². The molecule has 4 aliphatic heterocycles. The number of amides is 1. The fraction of sp³-hybridized carbons (Fsp3) is 0.882. The lowest BCUT2D eigenvalue weighted by molar-refractivity contribution is -0.295. The van der Waals surface area contributed by atoms with Gasteiger partial charge < -0.3 is 39.0 Å². The summed E-state index contributed by atoms with van der Waals surface area (Å²) in [6, 6.07) is -1.46. The van der Waals surface area contributed by atoms with E-state index in [-0.39, 0.29) is 36.8 Å². The zero-order valence-corrected chi connectivity index (χ0v) is 30.3. The van der Waals surface area contributed by atoms with Gasteiger partial charge in [0, 0.05) is 44.0 Å². The molecular weight excluding hydrogens is 629 g/mol. The lowest BCUT2D eigenvalue weighted by Gasteiger charge is -2.47. The maximum absolute atomic E-state index is 16.6. The zero-order valence-electron chi connectivity index (χ0n) is 30.3. The molecule has 2 N–H and O–H groups in total. The first-order valence-corrected chi connectivity index (χ1v) is 17.2. The van der Waals surface area contributed by atoms with E-state index in [9.17, 15) is 24.3 Å². The van der Waals surface area contributed by atoms with Crippen LogP contribution in [0.4, 0.5) is 9.18 Å². The Balaban J connectivity index is 1.82. The van der Waals surface area contributed by atoms with Gasteiger partial charge in [0.25, 0.3) is 5.67 Å². The Bertz CT molecular complexity index is 1230. The van der Waals surface area contributed by atoms with E-state index in [1.54, 1.807) is 39.5 Å². The second-order valence-electron chi connectivity index (χ2n) is 15.1. The van der Waals surface area contributed by atoms with Crippen LogP contribution in [0.2, 0.25) is 0 Å². The van der Waals surface area contributed by atoms with Crippen LogP contribution >= 0.6 is 0 Å². The summed E-state index contributed by atoms with van der Waals surface area (Å²) in [7, 11) is 5.05. The van der Waals surface area contributed by atoms with Crippen molar-refractivity contribution in [2.24, 2.45) is 17.8 Å². The number of esters is 1. The zero-order chi connectivity index (χ0) is 36.1. The number of nitrogens with one attached hydrogen (secondary N) is 1. The van der Waals surface area contributed by atoms with Crippen LogP contribution in [0, 0.1) is 17.8 Å². The standard InChI is InChI=1S/C34H56FN3O10/c1-12-23-34(8)26(38(31(43)48-34)21-15-36-16-21)19(4)24(39)17(2)14-32(6,44-11)28(20(5)27(41)33(7,35)30(42)46-23)47-29-25(40)22(37(9)10)13-18(3)45-29/h17-23,25-26,28-29,36,40H,12-16H2,1-11H3/t17-,18+,19-,20+,22-,23-,25-,26+,28-,29-,32?,33?,34-/m0/s1. The molecule has 0 aliphatic carbocycles. The number of fused-ring (bicyclic) bond motifs is 1. The van der Waals surface area contributed by atoms with E-state index < -0.39 is 83.1 Å². The molecule has 48 heavy (non-hydrogen) atoms. The minimum atomic E-state index is -3.14. The van der Waals surface area contributed by atoms with Crippen molar-refractivity contribution in [2.45, 2.75) is 140 Å². The van der Waals surface area contributed by atoms with E-state index in [0.717, 1.165) is 6.92 Å². The third-order valence-corrected chi connectivity index (χ3v) is 11.3. The molecule has 1 amide bonds. The Morgan fingerprint density at radius 2 is 1.69 bits per heavy atom. The number of carbonyl (C=O) groups is 4. The number of ketones is 2. The van der Waals surface area contributed by atoms with Gasteiger partial charge in [0.1, 0.15) is 18.0 Å². The number of ether oxygens (including phenoxy) is 5. The summed E-state index contributed by atoms with van der Waals surface area (Å²) in [5.74, 6) is -5.60. The first kappa shape index (κ1) is 38.6. The minimum absolute atomic E-state index is 0.0261. The molecule has 4 heterocycles. The number of hydrogen-bond donors (Lipinski definition) is 2. The van der Waals surface area contributed by atoms with Crippen molar-refractivity contribution >= 4 is 23.6 Å². The number of likely N-dealkylation sites (N-methyl/N-ethyl adjacent to an activating group) is 1. The lowest BCUT2D eigenvalue weighted by atomic mass is 9.72. The van der Waals surface area contributed by atoms with Crippen LogP contribution in [0.15, 0.2) is 0 Å². The van der Waals surface area contributed by atoms with Crippen molar-refractivity contribution < 1.29 is 52.4 Å². The summed E-state index contributed by atoms with van der Waals surface area (Å²) in [6.45, 7) is 13.5. The van der Waals surface area contributed by atoms with Crippen molar-refractivity contribution in [3.8, 4) is 0 Å². The molecule has 0 aromatic heterocycles. The number of cyclic esters (lactones) is 1. The average molecular weight is 686 g/mol. The molecular formula is C34H56FN3O10. The van der Waals surface area contributed by atoms with Crippen molar-refractivity contribution in [1.82, 2.24) is 15.1 Å². The first-order chi connectivity index (χ1) is 22.2. The monoisotopic (exact) mass is 685 g/mol. The predicted molar refractivity (Wildman–Crippen MR) is 172 cm³/mol. The maximum atomic E-state index is 16.6. The van der Waals surface area contributed by atoms with Gasteiger partial charge in [0.2, 0.25) is 0 Å². The van der Waals surface area contributed by atoms with E-state index in [4.69, 9.17) is 23.7 Å². The van der Waals surface area contributed by atoms with Crippen molar-refractivity contribution in [3.63, 3.8) is 0 Å². The fourth-order valence-corrected chi connectivity index (χ4v) is 8.26. The summed E-state index contributed by atoms with van der Waals surface area (Å²) in [5, 5.41) is 14.4. The van der Waals surface area contributed by atoms with Gasteiger partial charge >= 0.3 is 12.1 Å². The SMILES string of the molecule is CC[C@@H]1OC(=O)C(C)(F)C(=O)[C@@H](C)[C@H](O[C@@H]2O[C@H](C)C[C@H](N(C)C)[C@@H]2O)C(C)(OC)C[C@H](C)C(=O)[C@H](C)[C@H]2N(C3CNC3)C(=O)O[C@@]12C. The Hall–Kier alpha value is -2.23. The number of methoxy groups -OCH3 is 1.